The van der Waals surface area contributed by atoms with Crippen LogP contribution in [0.5, 0.6) is 0 Å². The van der Waals surface area contributed by atoms with Crippen LogP contribution in [0.1, 0.15) is 28.3 Å². The molecule has 1 nitrogen and oxygen atoms in total. The first kappa shape index (κ1) is 15.1. The molecule has 0 heterocycles. The number of benzene rings is 2. The van der Waals surface area contributed by atoms with Crippen molar-refractivity contribution in [1.82, 2.24) is 5.32 Å². The Balaban J connectivity index is 2.58. The topological polar surface area (TPSA) is 12.0 Å². The third-order valence-corrected chi connectivity index (χ3v) is 3.82. The van der Waals surface area contributed by atoms with Gasteiger partial charge in [0.2, 0.25) is 0 Å². The molecule has 1 unspecified atom stereocenters. The van der Waals surface area contributed by atoms with Gasteiger partial charge in [-0.2, -0.15) is 0 Å². The molecule has 0 bridgehead atoms. The smallest absolute Gasteiger partial charge is 0.129 e. The summed E-state index contributed by atoms with van der Waals surface area (Å²) < 4.78 is 29.1. The van der Waals surface area contributed by atoms with Gasteiger partial charge in [0.05, 0.1) is 6.04 Å². The van der Waals surface area contributed by atoms with Crippen molar-refractivity contribution >= 4 is 15.9 Å². The molecule has 2 aromatic carbocycles. The first-order chi connectivity index (χ1) is 9.43. The highest BCUT2D eigenvalue weighted by molar-refractivity contribution is 9.10. The molecule has 0 spiro atoms. The molecule has 0 fully saturated rings. The SMILES string of the molecule is CNC(c1ccc(Br)cc1F)c1c(C)cc(C)cc1F. The van der Waals surface area contributed by atoms with Gasteiger partial charge in [-0.3, -0.25) is 0 Å². The standard InChI is InChI=1S/C16H16BrF2N/c1-9-6-10(2)15(14(19)7-9)16(20-3)12-5-4-11(17)8-13(12)18/h4-8,16,20H,1-3H3. The summed E-state index contributed by atoms with van der Waals surface area (Å²) in [5.74, 6) is -0.678. The van der Waals surface area contributed by atoms with Crippen LogP contribution < -0.4 is 5.32 Å². The number of hydrogen-bond acceptors (Lipinski definition) is 1. The molecular weight excluding hydrogens is 324 g/mol. The second kappa shape index (κ2) is 6.02. The summed E-state index contributed by atoms with van der Waals surface area (Å²) in [6.07, 6.45) is 0. The number of hydrogen-bond donors (Lipinski definition) is 1. The summed E-state index contributed by atoms with van der Waals surface area (Å²) in [4.78, 5) is 0. The zero-order chi connectivity index (χ0) is 14.9. The number of nitrogens with one attached hydrogen (secondary N) is 1. The third-order valence-electron chi connectivity index (χ3n) is 3.33. The van der Waals surface area contributed by atoms with E-state index in [1.807, 2.05) is 19.9 Å². The van der Waals surface area contributed by atoms with Gasteiger partial charge in [-0.05, 0) is 50.2 Å². The second-order valence-corrected chi connectivity index (χ2v) is 5.78. The predicted molar refractivity (Wildman–Crippen MR) is 80.9 cm³/mol. The first-order valence-corrected chi connectivity index (χ1v) is 7.12. The van der Waals surface area contributed by atoms with E-state index >= 15 is 0 Å². The van der Waals surface area contributed by atoms with E-state index in [2.05, 4.69) is 21.2 Å². The Morgan fingerprint density at radius 1 is 1.05 bits per heavy atom. The lowest BCUT2D eigenvalue weighted by molar-refractivity contribution is 0.544. The lowest BCUT2D eigenvalue weighted by atomic mass is 9.93. The summed E-state index contributed by atoms with van der Waals surface area (Å²) in [5, 5.41) is 3.00. The molecule has 0 saturated carbocycles. The molecule has 0 aromatic heterocycles. The van der Waals surface area contributed by atoms with Crippen molar-refractivity contribution in [3.8, 4) is 0 Å². The molecule has 0 radical (unpaired) electrons. The highest BCUT2D eigenvalue weighted by Gasteiger charge is 2.21. The predicted octanol–water partition coefficient (Wildman–Crippen LogP) is 4.65. The Bertz CT molecular complexity index is 617. The van der Waals surface area contributed by atoms with E-state index in [0.717, 1.165) is 11.1 Å². The summed E-state index contributed by atoms with van der Waals surface area (Å²) in [6, 6.07) is 7.68. The summed E-state index contributed by atoms with van der Waals surface area (Å²) in [6.45, 7) is 3.68. The van der Waals surface area contributed by atoms with Crippen LogP contribution in [0.3, 0.4) is 0 Å². The molecule has 0 aliphatic carbocycles. The average Bonchev–Trinajstić information content (AvgIpc) is 2.34. The highest BCUT2D eigenvalue weighted by atomic mass is 79.9. The van der Waals surface area contributed by atoms with Crippen LogP contribution in [0, 0.1) is 25.5 Å². The molecule has 1 N–H and O–H groups in total. The van der Waals surface area contributed by atoms with Crippen molar-refractivity contribution in [2.45, 2.75) is 19.9 Å². The molecule has 1 atom stereocenters. The van der Waals surface area contributed by atoms with Crippen molar-refractivity contribution in [2.24, 2.45) is 0 Å². The van der Waals surface area contributed by atoms with Gasteiger partial charge in [0.25, 0.3) is 0 Å². The minimum absolute atomic E-state index is 0.316. The quantitative estimate of drug-likeness (QED) is 0.857. The maximum atomic E-state index is 14.3. The van der Waals surface area contributed by atoms with Crippen LogP contribution in [-0.2, 0) is 0 Å². The molecule has 4 heteroatoms. The molecule has 0 aliphatic heterocycles. The Labute approximate surface area is 126 Å². The van der Waals surface area contributed by atoms with Crippen LogP contribution in [0.2, 0.25) is 0 Å². The van der Waals surface area contributed by atoms with E-state index in [1.54, 1.807) is 19.2 Å². The lowest BCUT2D eigenvalue weighted by Gasteiger charge is -2.21. The van der Waals surface area contributed by atoms with Crippen LogP contribution >= 0.6 is 15.9 Å². The van der Waals surface area contributed by atoms with Gasteiger partial charge in [0.15, 0.2) is 0 Å². The zero-order valence-corrected chi connectivity index (χ0v) is 13.2. The van der Waals surface area contributed by atoms with Crippen molar-refractivity contribution in [2.75, 3.05) is 7.05 Å². The zero-order valence-electron chi connectivity index (χ0n) is 11.6. The lowest BCUT2D eigenvalue weighted by Crippen LogP contribution is -2.21. The van der Waals surface area contributed by atoms with Gasteiger partial charge >= 0.3 is 0 Å². The van der Waals surface area contributed by atoms with Crippen molar-refractivity contribution in [3.63, 3.8) is 0 Å². The van der Waals surface area contributed by atoms with Crippen LogP contribution in [0.4, 0.5) is 8.78 Å². The molecular formula is C16H16BrF2N. The fourth-order valence-electron chi connectivity index (χ4n) is 2.48. The Kier molecular flexibility index (Phi) is 4.55. The number of rotatable bonds is 3. The Morgan fingerprint density at radius 3 is 2.30 bits per heavy atom. The van der Waals surface area contributed by atoms with Crippen molar-refractivity contribution in [1.29, 1.82) is 0 Å². The Hall–Kier alpha value is -1.26. The van der Waals surface area contributed by atoms with Crippen LogP contribution in [-0.4, -0.2) is 7.05 Å². The fourth-order valence-corrected chi connectivity index (χ4v) is 2.82. The summed E-state index contributed by atoms with van der Waals surface area (Å²) >= 11 is 3.23. The van der Waals surface area contributed by atoms with Crippen LogP contribution in [0.25, 0.3) is 0 Å². The minimum atomic E-state index is -0.510. The van der Waals surface area contributed by atoms with E-state index in [1.165, 1.54) is 12.1 Å². The number of halogens is 3. The largest absolute Gasteiger partial charge is 0.309 e. The summed E-state index contributed by atoms with van der Waals surface area (Å²) in [5.41, 5.74) is 2.58. The van der Waals surface area contributed by atoms with E-state index in [4.69, 9.17) is 0 Å². The first-order valence-electron chi connectivity index (χ1n) is 6.33. The molecule has 20 heavy (non-hydrogen) atoms. The van der Waals surface area contributed by atoms with Gasteiger partial charge in [0.1, 0.15) is 11.6 Å². The van der Waals surface area contributed by atoms with E-state index in [9.17, 15) is 8.78 Å². The van der Waals surface area contributed by atoms with E-state index in [-0.39, 0.29) is 11.6 Å². The second-order valence-electron chi connectivity index (χ2n) is 4.86. The molecule has 0 saturated heterocycles. The molecule has 2 rings (SSSR count). The normalized spacial score (nSPS) is 12.5. The van der Waals surface area contributed by atoms with Gasteiger partial charge in [-0.25, -0.2) is 8.78 Å². The van der Waals surface area contributed by atoms with Gasteiger partial charge in [-0.1, -0.05) is 28.1 Å². The van der Waals surface area contributed by atoms with Crippen molar-refractivity contribution < 1.29 is 8.78 Å². The minimum Gasteiger partial charge on any atom is -0.309 e. The average molecular weight is 340 g/mol. The molecule has 0 amide bonds. The Morgan fingerprint density at radius 2 is 1.75 bits per heavy atom. The highest BCUT2D eigenvalue weighted by Crippen LogP contribution is 2.30. The molecule has 2 aromatic rings. The molecule has 106 valence electrons. The maximum absolute atomic E-state index is 14.3. The summed E-state index contributed by atoms with van der Waals surface area (Å²) in [7, 11) is 1.70. The maximum Gasteiger partial charge on any atom is 0.129 e. The van der Waals surface area contributed by atoms with E-state index in [0.29, 0.717) is 15.6 Å². The van der Waals surface area contributed by atoms with E-state index < -0.39 is 6.04 Å². The van der Waals surface area contributed by atoms with Gasteiger partial charge in [0, 0.05) is 15.6 Å². The third kappa shape index (κ3) is 2.91. The van der Waals surface area contributed by atoms with Crippen LogP contribution in [0.15, 0.2) is 34.8 Å². The fraction of sp³-hybridized carbons (Fsp3) is 0.250. The molecule has 0 aliphatic rings. The van der Waals surface area contributed by atoms with Gasteiger partial charge < -0.3 is 5.32 Å². The van der Waals surface area contributed by atoms with Gasteiger partial charge in [-0.15, -0.1) is 0 Å². The van der Waals surface area contributed by atoms with Crippen molar-refractivity contribution in [3.05, 3.63) is 68.7 Å². The monoisotopic (exact) mass is 339 g/mol. The number of aryl methyl sites for hydroxylation is 2.